The van der Waals surface area contributed by atoms with Gasteiger partial charge in [-0.2, -0.15) is 0 Å². The van der Waals surface area contributed by atoms with Gasteiger partial charge in [-0.05, 0) is 136 Å². The molecule has 286 valence electrons. The van der Waals surface area contributed by atoms with Crippen LogP contribution in [0.1, 0.15) is 11.0 Å². The second kappa shape index (κ2) is 15.6. The second-order valence-electron chi connectivity index (χ2n) is 15.1. The fraction of sp³-hybridized carbons (Fsp3) is 0. The van der Waals surface area contributed by atoms with E-state index in [2.05, 4.69) is 42.5 Å². The molecule has 0 saturated heterocycles. The van der Waals surface area contributed by atoms with Gasteiger partial charge < -0.3 is 4.90 Å². The van der Waals surface area contributed by atoms with Crippen LogP contribution in [0.2, 0.25) is 0 Å². The third-order valence-electron chi connectivity index (χ3n) is 11.4. The summed E-state index contributed by atoms with van der Waals surface area (Å²) in [5, 5.41) is 6.36. The Kier molecular flexibility index (Phi) is 7.29. The number of nitrogens with zero attached hydrogens (tertiary/aromatic N) is 1. The quantitative estimate of drug-likeness (QED) is 0.139. The van der Waals surface area contributed by atoms with E-state index in [0.29, 0.717) is 16.8 Å². The number of hydrogen-bond donors (Lipinski definition) is 0. The number of fused-ring (bicyclic) bond motifs is 4. The molecule has 0 fully saturated rings. The van der Waals surface area contributed by atoms with Gasteiger partial charge in [0.25, 0.3) is 0 Å². The van der Waals surface area contributed by atoms with Crippen LogP contribution in [0.4, 0.5) is 17.1 Å². The molecule has 0 amide bonds. The summed E-state index contributed by atoms with van der Waals surface area (Å²) in [6.07, 6.45) is 0. The number of hydrogen-bond acceptors (Lipinski definition) is 1. The molecule has 0 heterocycles. The first-order valence-electron chi connectivity index (χ1n) is 24.3. The Bertz CT molecular complexity index is 3760. The third-order valence-corrected chi connectivity index (χ3v) is 11.4. The molecular weight excluding hydrogens is 735 g/mol. The Morgan fingerprint density at radius 3 is 1.44 bits per heavy atom. The molecule has 0 aliphatic carbocycles. The fourth-order valence-electron chi connectivity index (χ4n) is 8.36. The van der Waals surface area contributed by atoms with Gasteiger partial charge in [0, 0.05) is 17.1 Å². The largest absolute Gasteiger partial charge is 0.311 e. The van der Waals surface area contributed by atoms with Crippen LogP contribution in [-0.2, 0) is 0 Å². The fourth-order valence-corrected chi connectivity index (χ4v) is 8.36. The van der Waals surface area contributed by atoms with E-state index in [9.17, 15) is 11.0 Å². The van der Waals surface area contributed by atoms with E-state index in [1.54, 1.807) is 18.2 Å². The maximum Gasteiger partial charge on any atom is 0.0645 e. The van der Waals surface area contributed by atoms with Gasteiger partial charge in [-0.15, -0.1) is 0 Å². The predicted octanol–water partition coefficient (Wildman–Crippen LogP) is 17.0. The average molecular weight is 784 g/mol. The first-order valence-corrected chi connectivity index (χ1v) is 20.3. The highest BCUT2D eigenvalue weighted by atomic mass is 15.1. The van der Waals surface area contributed by atoms with Crippen molar-refractivity contribution in [3.63, 3.8) is 0 Å². The lowest BCUT2D eigenvalue weighted by Gasteiger charge is -2.26. The van der Waals surface area contributed by atoms with Gasteiger partial charge in [-0.25, -0.2) is 0 Å². The maximum absolute atomic E-state index is 9.78. The topological polar surface area (TPSA) is 3.24 Å². The maximum atomic E-state index is 9.78. The van der Waals surface area contributed by atoms with Crippen molar-refractivity contribution in [1.82, 2.24) is 0 Å². The van der Waals surface area contributed by atoms with Crippen LogP contribution in [0.15, 0.2) is 249 Å². The van der Waals surface area contributed by atoms with Gasteiger partial charge in [0.1, 0.15) is 0 Å². The van der Waals surface area contributed by atoms with Gasteiger partial charge in [0.15, 0.2) is 0 Å². The Labute approximate surface area is 368 Å². The van der Waals surface area contributed by atoms with E-state index in [1.807, 2.05) is 140 Å². The van der Waals surface area contributed by atoms with Gasteiger partial charge in [-0.3, -0.25) is 0 Å². The van der Waals surface area contributed by atoms with Crippen molar-refractivity contribution in [3.05, 3.63) is 249 Å². The van der Waals surface area contributed by atoms with Crippen molar-refractivity contribution >= 4 is 49.4 Å². The van der Waals surface area contributed by atoms with E-state index >= 15 is 0 Å². The minimum atomic E-state index is -0.402. The number of rotatable bonds is 8. The van der Waals surface area contributed by atoms with Crippen molar-refractivity contribution in [2.45, 2.75) is 0 Å². The van der Waals surface area contributed by atoms with E-state index in [4.69, 9.17) is 0 Å². The molecule has 1 nitrogen and oxygen atoms in total. The first-order chi connectivity index (χ1) is 33.6. The van der Waals surface area contributed by atoms with Gasteiger partial charge >= 0.3 is 0 Å². The van der Waals surface area contributed by atoms with Crippen molar-refractivity contribution in [3.8, 4) is 55.6 Å². The van der Waals surface area contributed by atoms with Crippen molar-refractivity contribution in [2.24, 2.45) is 0 Å². The lowest BCUT2D eigenvalue weighted by Crippen LogP contribution is -2.09. The summed E-state index contributed by atoms with van der Waals surface area (Å²) in [6, 6.07) is 61.7. The number of benzene rings is 11. The standard InChI is InChI=1S/C60H41N/c1-3-12-42(13-4-1)49-18-11-19-50(40-49)43-24-32-53(33-25-43)61(54-34-26-44(27-35-54)51-31-38-57-52(41-51)23-22-45-14-7-9-20-56(45)57)55-36-28-47(29-37-55)59-39-30-46-15-8-10-21-58(46)60(59)48-16-5-2-6-17-48/h1-41H/i24D,25D,28D,29D,32D,33D,36D,37D. The molecule has 61 heavy (non-hydrogen) atoms. The highest BCUT2D eigenvalue weighted by molar-refractivity contribution is 6.08. The van der Waals surface area contributed by atoms with Crippen molar-refractivity contribution < 1.29 is 11.0 Å². The predicted molar refractivity (Wildman–Crippen MR) is 261 cm³/mol. The summed E-state index contributed by atoms with van der Waals surface area (Å²) in [5.74, 6) is 0. The molecule has 0 N–H and O–H groups in total. The Hall–Kier alpha value is -8.00. The minimum absolute atomic E-state index is 0.102. The first kappa shape index (κ1) is 28.4. The monoisotopic (exact) mass is 783 g/mol. The van der Waals surface area contributed by atoms with Crippen molar-refractivity contribution in [2.75, 3.05) is 4.90 Å². The highest BCUT2D eigenvalue weighted by Gasteiger charge is 2.16. The molecular formula is C60H41N. The summed E-state index contributed by atoms with van der Waals surface area (Å²) in [7, 11) is 0. The molecule has 0 bridgehead atoms. The molecule has 0 aliphatic rings. The number of anilines is 3. The summed E-state index contributed by atoms with van der Waals surface area (Å²) >= 11 is 0. The van der Waals surface area contributed by atoms with Crippen molar-refractivity contribution in [1.29, 1.82) is 0 Å². The van der Waals surface area contributed by atoms with Gasteiger partial charge in [-0.1, -0.05) is 200 Å². The third kappa shape index (κ3) is 6.93. The zero-order chi connectivity index (χ0) is 47.5. The lowest BCUT2D eigenvalue weighted by molar-refractivity contribution is 1.28. The van der Waals surface area contributed by atoms with Crippen LogP contribution in [-0.4, -0.2) is 0 Å². The Morgan fingerprint density at radius 2 is 0.738 bits per heavy atom. The summed E-state index contributed by atoms with van der Waals surface area (Å²) < 4.78 is 77.3. The molecule has 11 aromatic rings. The summed E-state index contributed by atoms with van der Waals surface area (Å²) in [4.78, 5) is 1.37. The van der Waals surface area contributed by atoms with Crippen LogP contribution in [0.5, 0.6) is 0 Å². The molecule has 0 unspecified atom stereocenters. The molecule has 0 aromatic heterocycles. The van der Waals surface area contributed by atoms with Crippen LogP contribution >= 0.6 is 0 Å². The van der Waals surface area contributed by atoms with Gasteiger partial charge in [0.05, 0.1) is 11.0 Å². The molecule has 0 atom stereocenters. The van der Waals surface area contributed by atoms with Crippen LogP contribution in [0.25, 0.3) is 88.0 Å². The Balaban J connectivity index is 1.11. The van der Waals surface area contributed by atoms with Crippen LogP contribution in [0.3, 0.4) is 0 Å². The van der Waals surface area contributed by atoms with E-state index in [1.165, 1.54) is 4.90 Å². The molecule has 0 spiro atoms. The lowest BCUT2D eigenvalue weighted by atomic mass is 9.90. The molecule has 1 heteroatoms. The molecule has 11 aromatic carbocycles. The normalized spacial score (nSPS) is 13.1. The SMILES string of the molecule is [2H]c1c([2H])c(N(c2ccc(-c3ccc4c(ccc5ccccc54)c3)cc2)c2c([2H])c([2H])c(-c3ccc4ccccc4c3-c3ccccc3)c([2H])c2[2H])c([2H])c([2H])c1-c1cccc(-c2ccccc2)c1. The summed E-state index contributed by atoms with van der Waals surface area (Å²) in [6.45, 7) is 0. The highest BCUT2D eigenvalue weighted by Crippen LogP contribution is 2.42. The zero-order valence-corrected chi connectivity index (χ0v) is 33.0. The minimum Gasteiger partial charge on any atom is -0.311 e. The molecule has 11 rings (SSSR count). The van der Waals surface area contributed by atoms with E-state index in [-0.39, 0.29) is 46.7 Å². The second-order valence-corrected chi connectivity index (χ2v) is 15.1. The average Bonchev–Trinajstić information content (AvgIpc) is 3.40. The zero-order valence-electron chi connectivity index (χ0n) is 41.0. The van der Waals surface area contributed by atoms with E-state index in [0.717, 1.165) is 65.7 Å². The molecule has 0 saturated carbocycles. The molecule has 0 radical (unpaired) electrons. The molecule has 0 aliphatic heterocycles. The van der Waals surface area contributed by atoms with Crippen LogP contribution in [0, 0.1) is 0 Å². The Morgan fingerprint density at radius 1 is 0.262 bits per heavy atom. The smallest absolute Gasteiger partial charge is 0.0645 e. The van der Waals surface area contributed by atoms with E-state index < -0.39 is 24.2 Å². The summed E-state index contributed by atoms with van der Waals surface area (Å²) in [5.41, 5.74) is 6.35. The van der Waals surface area contributed by atoms with Gasteiger partial charge in [0.2, 0.25) is 0 Å². The van der Waals surface area contributed by atoms with Crippen LogP contribution < -0.4 is 4.90 Å².